The van der Waals surface area contributed by atoms with E-state index < -0.39 is 0 Å². The fraction of sp³-hybridized carbons (Fsp3) is 0.133. The van der Waals surface area contributed by atoms with Crippen LogP contribution >= 0.6 is 23.2 Å². The van der Waals surface area contributed by atoms with E-state index in [2.05, 4.69) is 0 Å². The van der Waals surface area contributed by atoms with E-state index in [1.54, 1.807) is 48.5 Å². The van der Waals surface area contributed by atoms with Gasteiger partial charge in [0.1, 0.15) is 0 Å². The van der Waals surface area contributed by atoms with Gasteiger partial charge in [0.25, 0.3) is 0 Å². The van der Waals surface area contributed by atoms with Crippen molar-refractivity contribution in [2.45, 2.75) is 11.8 Å². The van der Waals surface area contributed by atoms with Crippen LogP contribution in [-0.4, -0.2) is 11.6 Å². The molecule has 1 fully saturated rings. The lowest BCUT2D eigenvalue weighted by molar-refractivity contribution is 0.0489. The minimum absolute atomic E-state index is 0.0273. The Balaban J connectivity index is 1.63. The van der Waals surface area contributed by atoms with Crippen LogP contribution in [0.25, 0.3) is 0 Å². The number of Topliss-reactive ketones (excluding diaryl/α,β-unsaturated/α-hetero) is 2. The van der Waals surface area contributed by atoms with Crippen molar-refractivity contribution in [1.29, 1.82) is 0 Å². The van der Waals surface area contributed by atoms with E-state index in [-0.39, 0.29) is 35.2 Å². The minimum atomic E-state index is -0.368. The van der Waals surface area contributed by atoms with Crippen molar-refractivity contribution in [3.63, 3.8) is 0 Å². The second-order valence-electron chi connectivity index (χ2n) is 8.67. The molecule has 34 heavy (non-hydrogen) atoms. The van der Waals surface area contributed by atoms with Gasteiger partial charge in [-0.3, -0.25) is 9.59 Å². The Kier molecular flexibility index (Phi) is 6.36. The monoisotopic (exact) mass is 484 g/mol. The molecule has 5 rings (SSSR count). The van der Waals surface area contributed by atoms with Gasteiger partial charge in [0.2, 0.25) is 0 Å². The predicted octanol–water partition coefficient (Wildman–Crippen LogP) is 7.87. The summed E-state index contributed by atoms with van der Waals surface area (Å²) in [5.74, 6) is -1.16. The summed E-state index contributed by atoms with van der Waals surface area (Å²) >= 11 is 12.1. The van der Waals surface area contributed by atoms with Gasteiger partial charge in [-0.1, -0.05) is 83.9 Å². The van der Waals surface area contributed by atoms with Crippen molar-refractivity contribution in [2.75, 3.05) is 0 Å². The molecule has 1 saturated carbocycles. The van der Waals surface area contributed by atoms with E-state index in [1.807, 2.05) is 60.7 Å². The normalized spacial score (nSPS) is 21.5. The van der Waals surface area contributed by atoms with Crippen molar-refractivity contribution >= 4 is 34.8 Å². The summed E-state index contributed by atoms with van der Waals surface area (Å²) in [5.41, 5.74) is 3.20. The van der Waals surface area contributed by atoms with Crippen molar-refractivity contribution in [2.24, 2.45) is 11.8 Å². The molecule has 4 aromatic carbocycles. The third-order valence-electron chi connectivity index (χ3n) is 6.78. The lowest BCUT2D eigenvalue weighted by atomic mass is 9.49. The number of carbonyl (C=O) groups excluding carboxylic acids is 2. The van der Waals surface area contributed by atoms with Crippen molar-refractivity contribution < 1.29 is 9.59 Å². The summed E-state index contributed by atoms with van der Waals surface area (Å²) in [6.45, 7) is 0. The molecule has 0 aliphatic heterocycles. The Morgan fingerprint density at radius 2 is 0.794 bits per heavy atom. The summed E-state index contributed by atoms with van der Waals surface area (Å²) in [7, 11) is 0. The standard InChI is InChI=1S/C30H22Cl2O2/c31-23-15-11-21(12-16-23)29(33)27-25(19-7-3-1-4-8-19)28(26(27)20-9-5-2-6-10-20)30(34)22-13-17-24(32)18-14-22/h1-18,25-28H. The second-order valence-corrected chi connectivity index (χ2v) is 9.54. The van der Waals surface area contributed by atoms with Crippen molar-refractivity contribution in [3.8, 4) is 0 Å². The highest BCUT2D eigenvalue weighted by Gasteiger charge is 2.57. The van der Waals surface area contributed by atoms with Crippen molar-refractivity contribution in [1.82, 2.24) is 0 Å². The Morgan fingerprint density at radius 1 is 0.471 bits per heavy atom. The molecule has 0 unspecified atom stereocenters. The van der Waals surface area contributed by atoms with E-state index in [1.165, 1.54) is 0 Å². The Bertz CT molecular complexity index is 1190. The molecule has 168 valence electrons. The first-order valence-corrected chi connectivity index (χ1v) is 12.0. The highest BCUT2D eigenvalue weighted by Crippen LogP contribution is 2.59. The zero-order valence-electron chi connectivity index (χ0n) is 18.3. The molecule has 1 aliphatic carbocycles. The maximum absolute atomic E-state index is 13.9. The molecule has 0 saturated heterocycles. The maximum Gasteiger partial charge on any atom is 0.167 e. The Morgan fingerprint density at radius 3 is 1.12 bits per heavy atom. The van der Waals surface area contributed by atoms with Gasteiger partial charge in [-0.05, 0) is 59.7 Å². The summed E-state index contributed by atoms with van der Waals surface area (Å²) in [4.78, 5) is 27.8. The summed E-state index contributed by atoms with van der Waals surface area (Å²) < 4.78 is 0. The number of carbonyl (C=O) groups is 2. The van der Waals surface area contributed by atoms with E-state index in [4.69, 9.17) is 23.2 Å². The topological polar surface area (TPSA) is 34.1 Å². The number of hydrogen-bond donors (Lipinski definition) is 0. The molecule has 0 bridgehead atoms. The van der Waals surface area contributed by atoms with Crippen LogP contribution < -0.4 is 0 Å². The summed E-state index contributed by atoms with van der Waals surface area (Å²) in [6, 6.07) is 33.8. The largest absolute Gasteiger partial charge is 0.294 e. The van der Waals surface area contributed by atoms with E-state index in [0.29, 0.717) is 21.2 Å². The van der Waals surface area contributed by atoms with E-state index in [9.17, 15) is 9.59 Å². The smallest absolute Gasteiger partial charge is 0.167 e. The average molecular weight is 485 g/mol. The molecular formula is C30H22Cl2O2. The predicted molar refractivity (Wildman–Crippen MR) is 137 cm³/mol. The third kappa shape index (κ3) is 4.20. The Hall–Kier alpha value is -3.20. The molecule has 1 aliphatic rings. The molecule has 2 nitrogen and oxygen atoms in total. The van der Waals surface area contributed by atoms with Crippen LogP contribution in [0.1, 0.15) is 43.7 Å². The molecule has 0 heterocycles. The first-order valence-electron chi connectivity index (χ1n) is 11.2. The molecule has 0 aromatic heterocycles. The van der Waals surface area contributed by atoms with Crippen LogP contribution in [-0.2, 0) is 0 Å². The number of rotatable bonds is 6. The summed E-state index contributed by atoms with van der Waals surface area (Å²) in [6.07, 6.45) is 0. The molecule has 4 aromatic rings. The van der Waals surface area contributed by atoms with Crippen LogP contribution in [0.2, 0.25) is 10.0 Å². The van der Waals surface area contributed by atoms with Gasteiger partial charge in [-0.25, -0.2) is 0 Å². The number of hydrogen-bond acceptors (Lipinski definition) is 2. The lowest BCUT2D eigenvalue weighted by Gasteiger charge is -2.51. The molecule has 0 N–H and O–H groups in total. The molecule has 0 radical (unpaired) electrons. The van der Waals surface area contributed by atoms with E-state index in [0.717, 1.165) is 11.1 Å². The van der Waals surface area contributed by atoms with Gasteiger partial charge in [0, 0.05) is 44.8 Å². The van der Waals surface area contributed by atoms with Gasteiger partial charge < -0.3 is 0 Å². The SMILES string of the molecule is O=C(c1ccc(Cl)cc1)C1C(c2ccccc2)C(C(=O)c2ccc(Cl)cc2)C1c1ccccc1. The van der Waals surface area contributed by atoms with Crippen LogP contribution in [0.3, 0.4) is 0 Å². The molecule has 0 spiro atoms. The van der Waals surface area contributed by atoms with Gasteiger partial charge in [0.15, 0.2) is 11.6 Å². The third-order valence-corrected chi connectivity index (χ3v) is 7.28. The van der Waals surface area contributed by atoms with Gasteiger partial charge in [-0.15, -0.1) is 0 Å². The Labute approximate surface area is 209 Å². The molecular weight excluding hydrogens is 463 g/mol. The highest BCUT2D eigenvalue weighted by molar-refractivity contribution is 6.31. The van der Waals surface area contributed by atoms with E-state index >= 15 is 0 Å². The first kappa shape index (κ1) is 22.6. The fourth-order valence-electron chi connectivity index (χ4n) is 5.19. The molecule has 0 amide bonds. The quantitative estimate of drug-likeness (QED) is 0.261. The number of benzene rings is 4. The highest BCUT2D eigenvalue weighted by atomic mass is 35.5. The fourth-order valence-corrected chi connectivity index (χ4v) is 5.45. The van der Waals surface area contributed by atoms with Crippen LogP contribution in [0, 0.1) is 11.8 Å². The lowest BCUT2D eigenvalue weighted by Crippen LogP contribution is -2.51. The maximum atomic E-state index is 13.9. The summed E-state index contributed by atoms with van der Waals surface area (Å²) in [5, 5.41) is 1.17. The zero-order valence-corrected chi connectivity index (χ0v) is 19.8. The number of halogens is 2. The van der Waals surface area contributed by atoms with Crippen molar-refractivity contribution in [3.05, 3.63) is 141 Å². The van der Waals surface area contributed by atoms with Gasteiger partial charge in [0.05, 0.1) is 0 Å². The van der Waals surface area contributed by atoms with Crippen LogP contribution in [0.15, 0.2) is 109 Å². The van der Waals surface area contributed by atoms with Gasteiger partial charge >= 0.3 is 0 Å². The van der Waals surface area contributed by atoms with Gasteiger partial charge in [-0.2, -0.15) is 0 Å². The second kappa shape index (κ2) is 9.58. The number of ketones is 2. The molecule has 0 atom stereocenters. The average Bonchev–Trinajstić information content (AvgIpc) is 2.85. The van der Waals surface area contributed by atoms with Crippen LogP contribution in [0.5, 0.6) is 0 Å². The minimum Gasteiger partial charge on any atom is -0.294 e. The molecule has 4 heteroatoms. The first-order chi connectivity index (χ1) is 16.5. The van der Waals surface area contributed by atoms with Crippen LogP contribution in [0.4, 0.5) is 0 Å². The zero-order chi connectivity index (χ0) is 23.7.